The van der Waals surface area contributed by atoms with E-state index in [9.17, 15) is 14.4 Å². The number of carbonyl (C=O) groups is 3. The third-order valence-corrected chi connectivity index (χ3v) is 5.09. The Morgan fingerprint density at radius 1 is 1.07 bits per heavy atom. The number of hydrogen-bond donors (Lipinski definition) is 2. The molecule has 0 bridgehead atoms. The van der Waals surface area contributed by atoms with Crippen molar-refractivity contribution in [2.24, 2.45) is 0 Å². The maximum absolute atomic E-state index is 12.3. The number of carboxylic acids is 1. The van der Waals surface area contributed by atoms with Crippen LogP contribution in [0.2, 0.25) is 0 Å². The summed E-state index contributed by atoms with van der Waals surface area (Å²) in [7, 11) is 1.39. The van der Waals surface area contributed by atoms with Gasteiger partial charge in [-0.15, -0.1) is 0 Å². The molecule has 0 saturated carbocycles. The van der Waals surface area contributed by atoms with Gasteiger partial charge in [0.05, 0.1) is 0 Å². The molecule has 2 aromatic carbocycles. The topological polar surface area (TPSA) is 95.9 Å². The minimum Gasteiger partial charge on any atom is -0.480 e. The van der Waals surface area contributed by atoms with Gasteiger partial charge in [-0.05, 0) is 28.7 Å². The molecule has 0 aliphatic heterocycles. The minimum absolute atomic E-state index is 0.0707. The van der Waals surface area contributed by atoms with Crippen LogP contribution in [0.1, 0.15) is 30.4 Å². The van der Waals surface area contributed by atoms with Gasteiger partial charge in [0, 0.05) is 13.0 Å². The lowest BCUT2D eigenvalue weighted by molar-refractivity contribution is -0.144. The van der Waals surface area contributed by atoms with Crippen molar-refractivity contribution in [2.45, 2.75) is 25.3 Å². The first-order valence-electron chi connectivity index (χ1n) is 9.50. The van der Waals surface area contributed by atoms with Gasteiger partial charge in [-0.25, -0.2) is 4.79 Å². The highest BCUT2D eigenvalue weighted by Gasteiger charge is 2.30. The average molecular weight is 396 g/mol. The molecular weight excluding hydrogens is 372 g/mol. The van der Waals surface area contributed by atoms with Gasteiger partial charge < -0.3 is 20.1 Å². The molecule has 7 heteroatoms. The Hall–Kier alpha value is -3.35. The van der Waals surface area contributed by atoms with Gasteiger partial charge in [-0.1, -0.05) is 55.5 Å². The number of alkyl carbamates (subject to hydrolysis) is 1. The predicted octanol–water partition coefficient (Wildman–Crippen LogP) is 2.85. The lowest BCUT2D eigenvalue weighted by Gasteiger charge is -2.22. The first kappa shape index (κ1) is 20.4. The normalized spacial score (nSPS) is 13.2. The van der Waals surface area contributed by atoms with E-state index in [0.717, 1.165) is 27.2 Å². The molecule has 2 aromatic rings. The fourth-order valence-corrected chi connectivity index (χ4v) is 3.67. The maximum atomic E-state index is 12.3. The molecule has 1 aliphatic rings. The molecule has 1 unspecified atom stereocenters. The Labute approximate surface area is 169 Å². The second-order valence-electron chi connectivity index (χ2n) is 7.02. The Balaban J connectivity index is 1.65. The number of carbonyl (C=O) groups excluding carboxylic acids is 2. The van der Waals surface area contributed by atoms with Crippen LogP contribution in [0, 0.1) is 0 Å². The largest absolute Gasteiger partial charge is 0.480 e. The van der Waals surface area contributed by atoms with E-state index in [1.54, 1.807) is 6.92 Å². The second-order valence-corrected chi connectivity index (χ2v) is 7.02. The third kappa shape index (κ3) is 4.39. The summed E-state index contributed by atoms with van der Waals surface area (Å²) >= 11 is 0. The zero-order chi connectivity index (χ0) is 21.0. The fourth-order valence-electron chi connectivity index (χ4n) is 3.67. The molecule has 2 amide bonds. The van der Waals surface area contributed by atoms with E-state index >= 15 is 0 Å². The number of hydrogen-bond acceptors (Lipinski definition) is 4. The Kier molecular flexibility index (Phi) is 6.16. The van der Waals surface area contributed by atoms with Gasteiger partial charge in [0.2, 0.25) is 5.91 Å². The lowest BCUT2D eigenvalue weighted by Crippen LogP contribution is -2.48. The molecule has 1 aliphatic carbocycles. The van der Waals surface area contributed by atoms with Crippen LogP contribution in [0.4, 0.5) is 4.79 Å². The number of aliphatic carboxylic acids is 1. The third-order valence-electron chi connectivity index (χ3n) is 5.09. The van der Waals surface area contributed by atoms with E-state index in [4.69, 9.17) is 9.84 Å². The summed E-state index contributed by atoms with van der Waals surface area (Å²) in [4.78, 5) is 36.5. The molecule has 3 rings (SSSR count). The number of rotatable bonds is 7. The van der Waals surface area contributed by atoms with Crippen molar-refractivity contribution in [3.8, 4) is 11.1 Å². The van der Waals surface area contributed by atoms with Gasteiger partial charge >= 0.3 is 12.1 Å². The first-order valence-corrected chi connectivity index (χ1v) is 9.50. The highest BCUT2D eigenvalue weighted by atomic mass is 16.5. The molecular formula is C22H24N2O5. The number of nitrogens with zero attached hydrogens (tertiary/aromatic N) is 1. The van der Waals surface area contributed by atoms with E-state index in [-0.39, 0.29) is 12.5 Å². The van der Waals surface area contributed by atoms with E-state index < -0.39 is 30.6 Å². The van der Waals surface area contributed by atoms with Crippen molar-refractivity contribution in [2.75, 3.05) is 20.2 Å². The second kappa shape index (κ2) is 8.77. The zero-order valence-electron chi connectivity index (χ0n) is 16.4. The van der Waals surface area contributed by atoms with Crippen LogP contribution in [0.3, 0.4) is 0 Å². The monoisotopic (exact) mass is 396 g/mol. The highest BCUT2D eigenvalue weighted by molar-refractivity contribution is 5.88. The van der Waals surface area contributed by atoms with E-state index in [2.05, 4.69) is 17.4 Å². The molecule has 1 atom stereocenters. The number of likely N-dealkylation sites (N-methyl/N-ethyl adjacent to an activating group) is 1. The van der Waals surface area contributed by atoms with Crippen LogP contribution in [0.25, 0.3) is 11.1 Å². The number of fused-ring (bicyclic) bond motifs is 3. The average Bonchev–Trinajstić information content (AvgIpc) is 3.03. The van der Waals surface area contributed by atoms with Crippen LogP contribution in [0.5, 0.6) is 0 Å². The Morgan fingerprint density at radius 2 is 1.62 bits per heavy atom. The minimum atomic E-state index is -1.11. The van der Waals surface area contributed by atoms with Gasteiger partial charge in [-0.3, -0.25) is 9.59 Å². The number of benzene rings is 2. The van der Waals surface area contributed by atoms with Gasteiger partial charge in [-0.2, -0.15) is 0 Å². The van der Waals surface area contributed by atoms with Crippen LogP contribution in [-0.4, -0.2) is 54.2 Å². The van der Waals surface area contributed by atoms with Crippen molar-refractivity contribution in [1.82, 2.24) is 10.2 Å². The molecule has 0 spiro atoms. The van der Waals surface area contributed by atoms with Crippen LogP contribution in [-0.2, 0) is 14.3 Å². The molecule has 0 saturated heterocycles. The van der Waals surface area contributed by atoms with Crippen molar-refractivity contribution in [3.63, 3.8) is 0 Å². The number of carboxylic acid groups (broad SMARTS) is 1. The van der Waals surface area contributed by atoms with Crippen molar-refractivity contribution in [1.29, 1.82) is 0 Å². The summed E-state index contributed by atoms with van der Waals surface area (Å²) < 4.78 is 5.45. The fraction of sp³-hybridized carbons (Fsp3) is 0.318. The lowest BCUT2D eigenvalue weighted by atomic mass is 9.98. The number of amides is 2. The molecule has 0 radical (unpaired) electrons. The number of nitrogens with one attached hydrogen (secondary N) is 1. The molecule has 7 nitrogen and oxygen atoms in total. The van der Waals surface area contributed by atoms with Gasteiger partial charge in [0.15, 0.2) is 0 Å². The molecule has 2 N–H and O–H groups in total. The predicted molar refractivity (Wildman–Crippen MR) is 108 cm³/mol. The summed E-state index contributed by atoms with van der Waals surface area (Å²) in [5.41, 5.74) is 4.47. The summed E-state index contributed by atoms with van der Waals surface area (Å²) in [5, 5.41) is 11.4. The zero-order valence-corrected chi connectivity index (χ0v) is 16.4. The molecule has 29 heavy (non-hydrogen) atoms. The molecule has 0 heterocycles. The van der Waals surface area contributed by atoms with Gasteiger partial charge in [0.1, 0.15) is 19.2 Å². The Bertz CT molecular complexity index is 881. The summed E-state index contributed by atoms with van der Waals surface area (Å²) in [6.07, 6.45) is -0.372. The maximum Gasteiger partial charge on any atom is 0.407 e. The smallest absolute Gasteiger partial charge is 0.407 e. The highest BCUT2D eigenvalue weighted by Crippen LogP contribution is 2.44. The van der Waals surface area contributed by atoms with E-state index in [0.29, 0.717) is 6.42 Å². The van der Waals surface area contributed by atoms with Crippen LogP contribution in [0.15, 0.2) is 48.5 Å². The van der Waals surface area contributed by atoms with Crippen molar-refractivity contribution in [3.05, 3.63) is 59.7 Å². The number of ether oxygens (including phenoxy) is 1. The van der Waals surface area contributed by atoms with E-state index in [1.807, 2.05) is 36.4 Å². The van der Waals surface area contributed by atoms with Crippen molar-refractivity contribution >= 4 is 18.0 Å². The Morgan fingerprint density at radius 3 is 2.14 bits per heavy atom. The molecule has 0 aromatic heterocycles. The van der Waals surface area contributed by atoms with Crippen LogP contribution >= 0.6 is 0 Å². The standard InChI is InChI=1S/C22H24N2O5/c1-3-19(21(27)24(2)12-20(25)26)23-22(28)29-13-18-16-10-6-4-8-14(16)15-9-5-7-11-17(15)18/h4-11,18-19H,3,12-13H2,1-2H3,(H,23,28)(H,25,26). The summed E-state index contributed by atoms with van der Waals surface area (Å²) in [6, 6.07) is 15.2. The van der Waals surface area contributed by atoms with Crippen LogP contribution < -0.4 is 5.32 Å². The van der Waals surface area contributed by atoms with Crippen molar-refractivity contribution < 1.29 is 24.2 Å². The SMILES string of the molecule is CCC(NC(=O)OCC1c2ccccc2-c2ccccc21)C(=O)N(C)CC(=O)O. The van der Waals surface area contributed by atoms with Gasteiger partial charge in [0.25, 0.3) is 0 Å². The molecule has 0 fully saturated rings. The summed E-state index contributed by atoms with van der Waals surface area (Å²) in [6.45, 7) is 1.46. The van der Waals surface area contributed by atoms with E-state index in [1.165, 1.54) is 7.05 Å². The first-order chi connectivity index (χ1) is 13.9. The quantitative estimate of drug-likeness (QED) is 0.750. The summed E-state index contributed by atoms with van der Waals surface area (Å²) in [5.74, 6) is -1.65. The molecule has 152 valence electrons.